The summed E-state index contributed by atoms with van der Waals surface area (Å²) in [6.45, 7) is 3.36. The molecule has 0 aromatic rings. The Hall–Kier alpha value is 0.759. The fourth-order valence-electron chi connectivity index (χ4n) is 2.71. The molecule has 0 amide bonds. The van der Waals surface area contributed by atoms with Gasteiger partial charge >= 0.3 is 125 Å². The minimum absolute atomic E-state index is 0.358. The molecular weight excluding hydrogens is 327 g/mol. The van der Waals surface area contributed by atoms with Gasteiger partial charge in [-0.3, -0.25) is 0 Å². The van der Waals surface area contributed by atoms with Gasteiger partial charge in [-0.05, 0) is 0 Å². The maximum atomic E-state index is 5.84. The molecule has 1 aliphatic heterocycles. The number of unbranched alkanes of at least 4 members (excludes halogenated alkanes) is 8. The van der Waals surface area contributed by atoms with Crippen LogP contribution < -0.4 is 0 Å². The van der Waals surface area contributed by atoms with Crippen molar-refractivity contribution in [1.82, 2.24) is 0 Å². The van der Waals surface area contributed by atoms with Crippen molar-refractivity contribution in [2.45, 2.75) is 92.5 Å². The van der Waals surface area contributed by atoms with Crippen LogP contribution in [0.3, 0.4) is 0 Å². The van der Waals surface area contributed by atoms with Crippen molar-refractivity contribution in [1.29, 1.82) is 0 Å². The van der Waals surface area contributed by atoms with Crippen LogP contribution >= 0.6 is 0 Å². The Kier molecular flexibility index (Phi) is 11.9. The van der Waals surface area contributed by atoms with Crippen molar-refractivity contribution < 1.29 is 4.74 Å². The summed E-state index contributed by atoms with van der Waals surface area (Å²) in [5.41, 5.74) is 0. The number of rotatable bonds is 11. The summed E-state index contributed by atoms with van der Waals surface area (Å²) in [4.78, 5) is 0. The average molecular weight is 360 g/mol. The summed E-state index contributed by atoms with van der Waals surface area (Å²) in [6.07, 6.45) is 17.4. The SMILES string of the molecule is CCCCCCCCCC[CH2][SnH][CH]1CCCCO1. The van der Waals surface area contributed by atoms with E-state index >= 15 is 0 Å². The third-order valence-electron chi connectivity index (χ3n) is 3.95. The zero-order chi connectivity index (χ0) is 12.9. The molecule has 0 aromatic heterocycles. The number of hydrogen-bond acceptors (Lipinski definition) is 1. The Morgan fingerprint density at radius 1 is 0.889 bits per heavy atom. The van der Waals surface area contributed by atoms with E-state index in [0.29, 0.717) is 0 Å². The van der Waals surface area contributed by atoms with Crippen molar-refractivity contribution in [3.8, 4) is 0 Å². The Bertz CT molecular complexity index is 166. The van der Waals surface area contributed by atoms with E-state index < -0.39 is 0 Å². The Morgan fingerprint density at radius 3 is 2.17 bits per heavy atom. The Balaban J connectivity index is 1.73. The monoisotopic (exact) mass is 361 g/mol. The van der Waals surface area contributed by atoms with Gasteiger partial charge in [0.15, 0.2) is 0 Å². The molecule has 0 spiro atoms. The quantitative estimate of drug-likeness (QED) is 0.376. The van der Waals surface area contributed by atoms with E-state index in [1.165, 1.54) is 77.0 Å². The Labute approximate surface area is 125 Å². The van der Waals surface area contributed by atoms with E-state index in [9.17, 15) is 0 Å². The van der Waals surface area contributed by atoms with Gasteiger partial charge in [-0.1, -0.05) is 0 Å². The first-order chi connectivity index (χ1) is 8.93. The molecule has 1 fully saturated rings. The fourth-order valence-corrected chi connectivity index (χ4v) is 7.39. The minimum atomic E-state index is -0.358. The van der Waals surface area contributed by atoms with Crippen LogP contribution in [0.25, 0.3) is 0 Å². The van der Waals surface area contributed by atoms with Gasteiger partial charge in [0.1, 0.15) is 0 Å². The fraction of sp³-hybridized carbons (Fsp3) is 1.00. The third kappa shape index (κ3) is 9.66. The second kappa shape index (κ2) is 12.8. The first-order valence-electron chi connectivity index (χ1n) is 8.38. The maximum absolute atomic E-state index is 5.84. The Morgan fingerprint density at radius 2 is 1.56 bits per heavy atom. The molecular formula is C16H33OSn. The van der Waals surface area contributed by atoms with E-state index in [4.69, 9.17) is 4.74 Å². The molecule has 18 heavy (non-hydrogen) atoms. The topological polar surface area (TPSA) is 9.23 Å². The second-order valence-corrected chi connectivity index (χ2v) is 10.9. The molecule has 1 unspecified atom stereocenters. The first kappa shape index (κ1) is 16.8. The summed E-state index contributed by atoms with van der Waals surface area (Å²) in [5.74, 6) is 0. The van der Waals surface area contributed by atoms with Crippen LogP contribution in [0.1, 0.15) is 84.0 Å². The van der Waals surface area contributed by atoms with E-state index in [1.807, 2.05) is 0 Å². The van der Waals surface area contributed by atoms with Crippen molar-refractivity contribution in [2.24, 2.45) is 0 Å². The van der Waals surface area contributed by atoms with Gasteiger partial charge in [0.25, 0.3) is 0 Å². The van der Waals surface area contributed by atoms with E-state index in [1.54, 1.807) is 4.44 Å². The molecule has 1 nitrogen and oxygen atoms in total. The normalized spacial score (nSPS) is 20.2. The van der Waals surface area contributed by atoms with E-state index in [-0.39, 0.29) is 21.1 Å². The molecule has 0 aliphatic carbocycles. The predicted octanol–water partition coefficient (Wildman–Crippen LogP) is 4.90. The molecule has 107 valence electrons. The molecule has 1 heterocycles. The first-order valence-corrected chi connectivity index (χ1v) is 12.6. The van der Waals surface area contributed by atoms with Crippen molar-refractivity contribution in [2.75, 3.05) is 6.61 Å². The summed E-state index contributed by atoms with van der Waals surface area (Å²) in [6, 6.07) is 0. The van der Waals surface area contributed by atoms with Crippen LogP contribution in [0.4, 0.5) is 0 Å². The molecule has 0 N–H and O–H groups in total. The van der Waals surface area contributed by atoms with Crippen molar-refractivity contribution >= 4 is 21.1 Å². The number of hydrogen-bond donors (Lipinski definition) is 0. The number of ether oxygens (including phenoxy) is 1. The summed E-state index contributed by atoms with van der Waals surface area (Å²) in [5, 5.41) is 0. The summed E-state index contributed by atoms with van der Waals surface area (Å²) < 4.78 is 8.22. The standard InChI is InChI=1S/C11H23.C5H9O.Sn.H/c1-3-5-7-9-11-10-8-6-4-2;1-2-4-6-5-3-1;;/h1,3-11H2,2H3;4H,1-3,5H2;;. The molecule has 0 bridgehead atoms. The van der Waals surface area contributed by atoms with Gasteiger partial charge in [0.05, 0.1) is 0 Å². The second-order valence-electron chi connectivity index (χ2n) is 5.76. The molecule has 1 rings (SSSR count). The van der Waals surface area contributed by atoms with Crippen LogP contribution in [0.5, 0.6) is 0 Å². The van der Waals surface area contributed by atoms with Gasteiger partial charge in [-0.25, -0.2) is 0 Å². The van der Waals surface area contributed by atoms with Gasteiger partial charge in [-0.15, -0.1) is 0 Å². The third-order valence-corrected chi connectivity index (χ3v) is 9.07. The molecule has 0 saturated carbocycles. The van der Waals surface area contributed by atoms with Crippen LogP contribution in [-0.2, 0) is 4.74 Å². The predicted molar refractivity (Wildman–Crippen MR) is 82.8 cm³/mol. The van der Waals surface area contributed by atoms with Gasteiger partial charge < -0.3 is 0 Å². The van der Waals surface area contributed by atoms with Crippen LogP contribution in [0.2, 0.25) is 4.44 Å². The molecule has 1 aliphatic rings. The summed E-state index contributed by atoms with van der Waals surface area (Å²) in [7, 11) is 0. The average Bonchev–Trinajstić information content (AvgIpc) is 2.42. The molecule has 1 saturated heterocycles. The zero-order valence-corrected chi connectivity index (χ0v) is 15.8. The van der Waals surface area contributed by atoms with Crippen LogP contribution in [-0.4, -0.2) is 31.9 Å². The van der Waals surface area contributed by atoms with Crippen molar-refractivity contribution in [3.05, 3.63) is 0 Å². The van der Waals surface area contributed by atoms with Crippen LogP contribution in [0.15, 0.2) is 0 Å². The molecule has 0 aromatic carbocycles. The van der Waals surface area contributed by atoms with E-state index in [2.05, 4.69) is 6.92 Å². The molecule has 2 heteroatoms. The summed E-state index contributed by atoms with van der Waals surface area (Å²) >= 11 is -0.358. The van der Waals surface area contributed by atoms with Gasteiger partial charge in [0, 0.05) is 0 Å². The van der Waals surface area contributed by atoms with Gasteiger partial charge in [-0.2, -0.15) is 0 Å². The van der Waals surface area contributed by atoms with Crippen LogP contribution in [0, 0.1) is 0 Å². The van der Waals surface area contributed by atoms with Gasteiger partial charge in [0.2, 0.25) is 0 Å². The molecule has 1 atom stereocenters. The molecule has 1 radical (unpaired) electrons. The van der Waals surface area contributed by atoms with E-state index in [0.717, 1.165) is 10.7 Å². The van der Waals surface area contributed by atoms with Crippen molar-refractivity contribution in [3.63, 3.8) is 0 Å². The zero-order valence-electron chi connectivity index (χ0n) is 12.5.